The molecule has 1 saturated carbocycles. The third-order valence-corrected chi connectivity index (χ3v) is 8.37. The summed E-state index contributed by atoms with van der Waals surface area (Å²) in [6, 6.07) is 6.27. The van der Waals surface area contributed by atoms with Gasteiger partial charge >= 0.3 is 5.97 Å². The first-order valence-electron chi connectivity index (χ1n) is 10.9. The first-order chi connectivity index (χ1) is 15.2. The molecule has 9 heteroatoms. The first kappa shape index (κ1) is 23.0. The van der Waals surface area contributed by atoms with Crippen molar-refractivity contribution >= 4 is 33.4 Å². The highest BCUT2D eigenvalue weighted by Crippen LogP contribution is 2.38. The quantitative estimate of drug-likeness (QED) is 0.437. The van der Waals surface area contributed by atoms with Crippen LogP contribution in [0.15, 0.2) is 29.2 Å². The molecule has 4 rings (SSSR count). The molecule has 0 radical (unpaired) electrons. The fourth-order valence-corrected chi connectivity index (χ4v) is 6.05. The molecule has 0 spiro atoms. The van der Waals surface area contributed by atoms with Gasteiger partial charge in [-0.05, 0) is 63.8 Å². The average molecular weight is 479 g/mol. The van der Waals surface area contributed by atoms with Crippen LogP contribution in [0.4, 0.5) is 0 Å². The normalized spacial score (nSPS) is 17.3. The van der Waals surface area contributed by atoms with Crippen LogP contribution in [0.5, 0.6) is 0 Å². The topological polar surface area (TPSA) is 85.7 Å². The number of ketones is 1. The fourth-order valence-electron chi connectivity index (χ4n) is 4.32. The number of carbonyl (C=O) groups is 2. The van der Waals surface area contributed by atoms with E-state index in [2.05, 4.69) is 4.57 Å². The van der Waals surface area contributed by atoms with E-state index in [0.717, 1.165) is 43.5 Å². The molecule has 32 heavy (non-hydrogen) atoms. The maximum atomic E-state index is 12.9. The summed E-state index contributed by atoms with van der Waals surface area (Å²) in [7, 11) is -3.72. The zero-order chi connectivity index (χ0) is 23.0. The molecular weight excluding hydrogens is 452 g/mol. The molecule has 2 fully saturated rings. The minimum Gasteiger partial charge on any atom is -0.454 e. The third-order valence-electron chi connectivity index (χ3n) is 6.14. The van der Waals surface area contributed by atoms with E-state index >= 15 is 0 Å². The second-order valence-corrected chi connectivity index (χ2v) is 10.8. The molecule has 0 atom stereocenters. The predicted molar refractivity (Wildman–Crippen MR) is 121 cm³/mol. The summed E-state index contributed by atoms with van der Waals surface area (Å²) >= 11 is 6.15. The average Bonchev–Trinajstić information content (AvgIpc) is 3.56. The molecular formula is C23H27ClN2O5S. The Balaban J connectivity index is 1.48. The molecule has 1 aliphatic carbocycles. The van der Waals surface area contributed by atoms with Crippen molar-refractivity contribution in [3.05, 3.63) is 51.8 Å². The molecule has 2 aromatic rings. The van der Waals surface area contributed by atoms with Crippen molar-refractivity contribution in [2.45, 2.75) is 56.9 Å². The number of hydrogen-bond donors (Lipinski definition) is 0. The van der Waals surface area contributed by atoms with Gasteiger partial charge in [0.1, 0.15) is 0 Å². The Kier molecular flexibility index (Phi) is 6.47. The molecule has 1 aromatic carbocycles. The molecule has 1 aromatic heterocycles. The van der Waals surface area contributed by atoms with Gasteiger partial charge in [-0.3, -0.25) is 4.79 Å². The van der Waals surface area contributed by atoms with Crippen molar-refractivity contribution in [3.63, 3.8) is 0 Å². The lowest BCUT2D eigenvalue weighted by molar-refractivity contribution is 0.0474. The summed E-state index contributed by atoms with van der Waals surface area (Å²) in [4.78, 5) is 25.4. The summed E-state index contributed by atoms with van der Waals surface area (Å²) in [6.07, 6.45) is 4.83. The van der Waals surface area contributed by atoms with Crippen molar-refractivity contribution in [1.82, 2.24) is 8.87 Å². The highest BCUT2D eigenvalue weighted by molar-refractivity contribution is 7.89. The molecule has 7 nitrogen and oxygen atoms in total. The first-order valence-corrected chi connectivity index (χ1v) is 12.7. The van der Waals surface area contributed by atoms with Crippen LogP contribution in [0, 0.1) is 13.8 Å². The lowest BCUT2D eigenvalue weighted by Gasteiger charge is -2.26. The Bertz CT molecular complexity index is 1160. The number of hydrogen-bond acceptors (Lipinski definition) is 5. The number of ether oxygens (including phenoxy) is 1. The molecule has 1 aliphatic heterocycles. The monoisotopic (exact) mass is 478 g/mol. The molecule has 2 heterocycles. The van der Waals surface area contributed by atoms with Crippen molar-refractivity contribution in [2.24, 2.45) is 0 Å². The Morgan fingerprint density at radius 1 is 1.06 bits per heavy atom. The van der Waals surface area contributed by atoms with Gasteiger partial charge < -0.3 is 9.30 Å². The van der Waals surface area contributed by atoms with Gasteiger partial charge in [-0.2, -0.15) is 4.31 Å². The Morgan fingerprint density at radius 3 is 2.41 bits per heavy atom. The minimum atomic E-state index is -3.72. The molecule has 0 unspecified atom stereocenters. The number of sulfonamides is 1. The predicted octanol–water partition coefficient (Wildman–Crippen LogP) is 4.31. The van der Waals surface area contributed by atoms with E-state index < -0.39 is 22.6 Å². The van der Waals surface area contributed by atoms with Crippen LogP contribution in [0.2, 0.25) is 5.02 Å². The van der Waals surface area contributed by atoms with Crippen LogP contribution in [0.1, 0.15) is 70.2 Å². The number of Topliss-reactive ketones (excluding diaryl/α,β-unsaturated/α-hetero) is 1. The maximum Gasteiger partial charge on any atom is 0.340 e. The van der Waals surface area contributed by atoms with Crippen LogP contribution in [0.3, 0.4) is 0 Å². The lowest BCUT2D eigenvalue weighted by Crippen LogP contribution is -2.35. The maximum absolute atomic E-state index is 12.9. The molecule has 0 N–H and O–H groups in total. The van der Waals surface area contributed by atoms with Crippen LogP contribution in [-0.4, -0.2) is 48.7 Å². The molecule has 0 bridgehead atoms. The van der Waals surface area contributed by atoms with Gasteiger partial charge in [0.2, 0.25) is 15.8 Å². The van der Waals surface area contributed by atoms with E-state index in [1.54, 1.807) is 0 Å². The SMILES string of the molecule is Cc1cc(C(=O)COC(=O)c2cc(S(=O)(=O)N3CCCCC3)ccc2Cl)c(C)n1C1CC1. The summed E-state index contributed by atoms with van der Waals surface area (Å²) in [5.74, 6) is -1.12. The number of halogens is 1. The van der Waals surface area contributed by atoms with E-state index in [1.807, 2.05) is 19.9 Å². The molecule has 2 aliphatic rings. The van der Waals surface area contributed by atoms with E-state index in [1.165, 1.54) is 22.5 Å². The van der Waals surface area contributed by atoms with E-state index in [-0.39, 0.29) is 21.3 Å². The van der Waals surface area contributed by atoms with Crippen molar-refractivity contribution in [3.8, 4) is 0 Å². The van der Waals surface area contributed by atoms with Crippen molar-refractivity contribution < 1.29 is 22.7 Å². The highest BCUT2D eigenvalue weighted by atomic mass is 35.5. The van der Waals surface area contributed by atoms with E-state index in [9.17, 15) is 18.0 Å². The van der Waals surface area contributed by atoms with Crippen LogP contribution in [-0.2, 0) is 14.8 Å². The Labute approximate surface area is 193 Å². The van der Waals surface area contributed by atoms with Gasteiger partial charge in [-0.1, -0.05) is 18.0 Å². The lowest BCUT2D eigenvalue weighted by atomic mass is 10.1. The molecule has 0 amide bonds. The fraction of sp³-hybridized carbons (Fsp3) is 0.478. The number of piperidine rings is 1. The van der Waals surface area contributed by atoms with Crippen LogP contribution >= 0.6 is 11.6 Å². The Morgan fingerprint density at radius 2 is 1.75 bits per heavy atom. The Hall–Kier alpha value is -2.16. The van der Waals surface area contributed by atoms with Crippen molar-refractivity contribution in [1.29, 1.82) is 0 Å². The number of esters is 1. The summed E-state index contributed by atoms with van der Waals surface area (Å²) in [5.41, 5.74) is 2.35. The summed E-state index contributed by atoms with van der Waals surface area (Å²) in [5, 5.41) is 0.0759. The van der Waals surface area contributed by atoms with Gasteiger partial charge in [0.05, 0.1) is 15.5 Å². The third kappa shape index (κ3) is 4.49. The number of rotatable bonds is 7. The van der Waals surface area contributed by atoms with E-state index in [4.69, 9.17) is 16.3 Å². The second-order valence-electron chi connectivity index (χ2n) is 8.49. The summed E-state index contributed by atoms with van der Waals surface area (Å²) in [6.45, 7) is 4.33. The molecule has 172 valence electrons. The van der Waals surface area contributed by atoms with Crippen LogP contribution < -0.4 is 0 Å². The van der Waals surface area contributed by atoms with Gasteiger partial charge in [0.25, 0.3) is 0 Å². The number of aryl methyl sites for hydroxylation is 1. The number of carbonyl (C=O) groups excluding carboxylic acids is 2. The summed E-state index contributed by atoms with van der Waals surface area (Å²) < 4.78 is 34.7. The van der Waals surface area contributed by atoms with Crippen molar-refractivity contribution in [2.75, 3.05) is 19.7 Å². The number of aromatic nitrogens is 1. The number of benzene rings is 1. The zero-order valence-electron chi connectivity index (χ0n) is 18.3. The smallest absolute Gasteiger partial charge is 0.340 e. The standard InChI is InChI=1S/C23H27ClN2O5S/c1-15-12-19(16(2)26(15)17-6-7-17)22(27)14-31-23(28)20-13-18(8-9-21(20)24)32(29,30)25-10-4-3-5-11-25/h8-9,12-13,17H,3-7,10-11,14H2,1-2H3. The zero-order valence-corrected chi connectivity index (χ0v) is 19.8. The van der Waals surface area contributed by atoms with Gasteiger partial charge in [0.15, 0.2) is 6.61 Å². The van der Waals surface area contributed by atoms with Gasteiger partial charge in [-0.25, -0.2) is 13.2 Å². The largest absolute Gasteiger partial charge is 0.454 e. The highest BCUT2D eigenvalue weighted by Gasteiger charge is 2.30. The minimum absolute atomic E-state index is 0.00458. The molecule has 1 saturated heterocycles. The van der Waals surface area contributed by atoms with Crippen LogP contribution in [0.25, 0.3) is 0 Å². The van der Waals surface area contributed by atoms with E-state index in [0.29, 0.717) is 24.7 Å². The van der Waals surface area contributed by atoms with Gasteiger partial charge in [-0.15, -0.1) is 0 Å². The van der Waals surface area contributed by atoms with Gasteiger partial charge in [0, 0.05) is 36.1 Å². The number of nitrogens with zero attached hydrogens (tertiary/aromatic N) is 2. The second kappa shape index (κ2) is 9.00.